The summed E-state index contributed by atoms with van der Waals surface area (Å²) in [6.45, 7) is 9.96. The van der Waals surface area contributed by atoms with E-state index in [2.05, 4.69) is 17.6 Å². The molecule has 2 rings (SSSR count). The summed E-state index contributed by atoms with van der Waals surface area (Å²) in [4.78, 5) is 37.2. The number of nitrogens with one attached hydrogen (secondary N) is 2. The van der Waals surface area contributed by atoms with Gasteiger partial charge in [0.2, 0.25) is 0 Å². The van der Waals surface area contributed by atoms with Gasteiger partial charge < -0.3 is 15.1 Å². The molecule has 0 bridgehead atoms. The smallest absolute Gasteiger partial charge is 0.349 e. The summed E-state index contributed by atoms with van der Waals surface area (Å²) < 4.78 is 5.41. The number of amides is 2. The molecule has 0 aliphatic rings. The predicted octanol–water partition coefficient (Wildman–Crippen LogP) is 4.16. The average molecular weight is 384 g/mol. The molecule has 0 fully saturated rings. The van der Waals surface area contributed by atoms with Gasteiger partial charge in [-0.2, -0.15) is 0 Å². The minimum Gasteiger partial charge on any atom is -0.427 e. The molecule has 2 aromatic rings. The fourth-order valence-corrected chi connectivity index (χ4v) is 3.07. The van der Waals surface area contributed by atoms with Crippen LogP contribution >= 0.6 is 0 Å². The van der Waals surface area contributed by atoms with Gasteiger partial charge in [-0.05, 0) is 56.5 Å². The molecule has 150 valence electrons. The number of carbonyl (C=O) groups excluding carboxylic acids is 2. The van der Waals surface area contributed by atoms with E-state index in [0.29, 0.717) is 29.1 Å². The zero-order valence-electron chi connectivity index (χ0n) is 17.1. The molecule has 28 heavy (non-hydrogen) atoms. The average Bonchev–Trinajstić information content (AvgIpc) is 2.63. The van der Waals surface area contributed by atoms with Crippen LogP contribution in [-0.4, -0.2) is 18.4 Å². The second-order valence-corrected chi connectivity index (χ2v) is 7.03. The van der Waals surface area contributed by atoms with Gasteiger partial charge in [-0.15, -0.1) is 0 Å². The lowest BCUT2D eigenvalue weighted by Crippen LogP contribution is -2.25. The minimum absolute atomic E-state index is 0.0183. The Kier molecular flexibility index (Phi) is 7.15. The van der Waals surface area contributed by atoms with Gasteiger partial charge in [-0.25, -0.2) is 4.79 Å². The highest BCUT2D eigenvalue weighted by Gasteiger charge is 2.20. The van der Waals surface area contributed by atoms with E-state index in [1.807, 2.05) is 20.8 Å². The number of hydrogen-bond acceptors (Lipinski definition) is 4. The molecule has 6 heteroatoms. The summed E-state index contributed by atoms with van der Waals surface area (Å²) >= 11 is 0. The number of anilines is 1. The second kappa shape index (κ2) is 9.35. The van der Waals surface area contributed by atoms with Crippen LogP contribution in [0.2, 0.25) is 0 Å². The van der Waals surface area contributed by atoms with Crippen LogP contribution in [0.1, 0.15) is 77.1 Å². The zero-order valence-corrected chi connectivity index (χ0v) is 17.1. The van der Waals surface area contributed by atoms with Crippen molar-refractivity contribution in [2.24, 2.45) is 0 Å². The summed E-state index contributed by atoms with van der Waals surface area (Å²) in [5.41, 5.74) is 1.62. The van der Waals surface area contributed by atoms with Crippen LogP contribution < -0.4 is 16.3 Å². The fraction of sp³-hybridized carbons (Fsp3) is 0.409. The number of carbonyl (C=O) groups is 2. The van der Waals surface area contributed by atoms with Crippen molar-refractivity contribution >= 4 is 17.5 Å². The van der Waals surface area contributed by atoms with Gasteiger partial charge >= 0.3 is 5.63 Å². The number of hydrogen-bond donors (Lipinski definition) is 2. The predicted molar refractivity (Wildman–Crippen MR) is 110 cm³/mol. The van der Waals surface area contributed by atoms with E-state index in [-0.39, 0.29) is 17.4 Å². The molecule has 0 saturated carbocycles. The van der Waals surface area contributed by atoms with Crippen molar-refractivity contribution in [3.63, 3.8) is 0 Å². The maximum Gasteiger partial charge on any atom is 0.349 e. The standard InChI is InChI=1S/C22H28N2O4/c1-6-8-14(4)18-11-15(5)19(22(27)28-18)21(26)24-17-12-16(10-9-13(17)3)20(25)23-7-2/h9-12,14H,6-8H2,1-5H3,(H,23,25)(H,24,26). The SMILES string of the molecule is CCCC(C)c1cc(C)c(C(=O)Nc2cc(C(=O)NCC)ccc2C)c(=O)o1. The molecule has 2 amide bonds. The summed E-state index contributed by atoms with van der Waals surface area (Å²) in [7, 11) is 0. The summed E-state index contributed by atoms with van der Waals surface area (Å²) in [5, 5.41) is 5.46. The van der Waals surface area contributed by atoms with Crippen LogP contribution in [0.5, 0.6) is 0 Å². The highest BCUT2D eigenvalue weighted by atomic mass is 16.4. The molecule has 1 aromatic heterocycles. The van der Waals surface area contributed by atoms with Crippen molar-refractivity contribution in [1.82, 2.24) is 5.32 Å². The van der Waals surface area contributed by atoms with E-state index < -0.39 is 11.5 Å². The van der Waals surface area contributed by atoms with Crippen molar-refractivity contribution in [1.29, 1.82) is 0 Å². The Morgan fingerprint density at radius 2 is 1.79 bits per heavy atom. The third kappa shape index (κ3) is 4.88. The monoisotopic (exact) mass is 384 g/mol. The molecule has 1 atom stereocenters. The third-order valence-corrected chi connectivity index (χ3v) is 4.69. The van der Waals surface area contributed by atoms with E-state index >= 15 is 0 Å². The quantitative estimate of drug-likeness (QED) is 0.750. The Labute approximate surface area is 165 Å². The van der Waals surface area contributed by atoms with Crippen molar-refractivity contribution in [3.8, 4) is 0 Å². The summed E-state index contributed by atoms with van der Waals surface area (Å²) in [5.74, 6) is -0.0557. The highest BCUT2D eigenvalue weighted by Crippen LogP contribution is 2.22. The van der Waals surface area contributed by atoms with E-state index in [1.54, 1.807) is 31.2 Å². The lowest BCUT2D eigenvalue weighted by Gasteiger charge is -2.13. The molecule has 1 heterocycles. The molecule has 1 unspecified atom stereocenters. The molecule has 0 aliphatic heterocycles. The van der Waals surface area contributed by atoms with Gasteiger partial charge in [0.1, 0.15) is 11.3 Å². The Hall–Kier alpha value is -2.89. The van der Waals surface area contributed by atoms with Gasteiger partial charge in [0.25, 0.3) is 11.8 Å². The maximum atomic E-state index is 12.8. The van der Waals surface area contributed by atoms with Crippen LogP contribution in [0.3, 0.4) is 0 Å². The first-order valence-electron chi connectivity index (χ1n) is 9.63. The van der Waals surface area contributed by atoms with E-state index in [0.717, 1.165) is 18.4 Å². The van der Waals surface area contributed by atoms with Gasteiger partial charge in [0, 0.05) is 23.7 Å². The first-order chi connectivity index (χ1) is 13.3. The summed E-state index contributed by atoms with van der Waals surface area (Å²) in [6.07, 6.45) is 1.88. The van der Waals surface area contributed by atoms with Gasteiger partial charge in [-0.1, -0.05) is 26.3 Å². The summed E-state index contributed by atoms with van der Waals surface area (Å²) in [6, 6.07) is 6.81. The molecule has 0 spiro atoms. The van der Waals surface area contributed by atoms with Gasteiger partial charge in [-0.3, -0.25) is 9.59 Å². The number of rotatable bonds is 7. The molecule has 0 radical (unpaired) electrons. The lowest BCUT2D eigenvalue weighted by atomic mass is 10.0. The molecule has 0 saturated heterocycles. The maximum absolute atomic E-state index is 12.8. The van der Waals surface area contributed by atoms with Crippen molar-refractivity contribution in [3.05, 3.63) is 62.7 Å². The molecular weight excluding hydrogens is 356 g/mol. The van der Waals surface area contributed by atoms with Gasteiger partial charge in [0.05, 0.1) is 0 Å². The third-order valence-electron chi connectivity index (χ3n) is 4.69. The largest absolute Gasteiger partial charge is 0.427 e. The first kappa shape index (κ1) is 21.4. The Bertz CT molecular complexity index is 931. The van der Waals surface area contributed by atoms with Crippen molar-refractivity contribution < 1.29 is 14.0 Å². The van der Waals surface area contributed by atoms with E-state index in [4.69, 9.17) is 4.42 Å². The van der Waals surface area contributed by atoms with Crippen LogP contribution in [-0.2, 0) is 0 Å². The fourth-order valence-electron chi connectivity index (χ4n) is 3.07. The molecule has 1 aromatic carbocycles. The Morgan fingerprint density at radius 3 is 2.39 bits per heavy atom. The lowest BCUT2D eigenvalue weighted by molar-refractivity contribution is 0.0954. The van der Waals surface area contributed by atoms with E-state index in [1.165, 1.54) is 0 Å². The topological polar surface area (TPSA) is 88.4 Å². The first-order valence-corrected chi connectivity index (χ1v) is 9.63. The van der Waals surface area contributed by atoms with Crippen molar-refractivity contribution in [2.45, 2.75) is 53.4 Å². The van der Waals surface area contributed by atoms with Crippen LogP contribution in [0.15, 0.2) is 33.5 Å². The molecule has 6 nitrogen and oxygen atoms in total. The van der Waals surface area contributed by atoms with Gasteiger partial charge in [0.15, 0.2) is 0 Å². The number of aryl methyl sites for hydroxylation is 2. The van der Waals surface area contributed by atoms with Crippen molar-refractivity contribution in [2.75, 3.05) is 11.9 Å². The van der Waals surface area contributed by atoms with Crippen LogP contribution in [0.4, 0.5) is 5.69 Å². The second-order valence-electron chi connectivity index (χ2n) is 7.03. The van der Waals surface area contributed by atoms with Crippen LogP contribution in [0, 0.1) is 13.8 Å². The molecule has 2 N–H and O–H groups in total. The highest BCUT2D eigenvalue weighted by molar-refractivity contribution is 6.06. The molecule has 0 aliphatic carbocycles. The Morgan fingerprint density at radius 1 is 1.07 bits per heavy atom. The number of benzene rings is 1. The normalized spacial score (nSPS) is 11.8. The zero-order chi connectivity index (χ0) is 20.8. The van der Waals surface area contributed by atoms with Crippen LogP contribution in [0.25, 0.3) is 0 Å². The Balaban J connectivity index is 2.32. The minimum atomic E-state index is -0.645. The molecular formula is C22H28N2O4. The van der Waals surface area contributed by atoms with E-state index in [9.17, 15) is 14.4 Å².